The van der Waals surface area contributed by atoms with Gasteiger partial charge >= 0.3 is 11.9 Å². The van der Waals surface area contributed by atoms with Gasteiger partial charge in [-0.1, -0.05) is 24.3 Å². The summed E-state index contributed by atoms with van der Waals surface area (Å²) >= 11 is 0. The Morgan fingerprint density at radius 3 is 1.62 bits per heavy atom. The van der Waals surface area contributed by atoms with Crippen LogP contribution < -0.4 is 0 Å². The van der Waals surface area contributed by atoms with Gasteiger partial charge in [-0.05, 0) is 6.42 Å². The van der Waals surface area contributed by atoms with E-state index in [4.69, 9.17) is 0 Å². The summed E-state index contributed by atoms with van der Waals surface area (Å²) in [6.07, 6.45) is -0.244. The molecule has 0 saturated heterocycles. The van der Waals surface area contributed by atoms with Crippen molar-refractivity contribution in [3.8, 4) is 0 Å². The zero-order valence-corrected chi connectivity index (χ0v) is 11.6. The molecule has 0 unspecified atom stereocenters. The van der Waals surface area contributed by atoms with Gasteiger partial charge < -0.3 is 9.47 Å². The molecule has 2 atom stereocenters. The van der Waals surface area contributed by atoms with Crippen LogP contribution in [0.15, 0.2) is 24.3 Å². The van der Waals surface area contributed by atoms with Crippen LogP contribution in [0.4, 0.5) is 0 Å². The van der Waals surface area contributed by atoms with E-state index in [0.29, 0.717) is 0 Å². The summed E-state index contributed by atoms with van der Waals surface area (Å²) in [7, 11) is 2.31. The molecule has 0 spiro atoms. The largest absolute Gasteiger partial charge is 0.468 e. The van der Waals surface area contributed by atoms with Gasteiger partial charge in [-0.25, -0.2) is 0 Å². The molecule has 1 aromatic rings. The second-order valence-corrected chi connectivity index (χ2v) is 4.66. The number of hydrogen-bond acceptors (Lipinski definition) is 6. The van der Waals surface area contributed by atoms with Crippen LogP contribution in [0.25, 0.3) is 0 Å². The number of ketones is 2. The van der Waals surface area contributed by atoms with Gasteiger partial charge in [0.25, 0.3) is 0 Å². The van der Waals surface area contributed by atoms with E-state index in [1.807, 2.05) is 0 Å². The third kappa shape index (κ3) is 2.56. The van der Waals surface area contributed by atoms with Crippen LogP contribution in [0.1, 0.15) is 27.1 Å². The Bertz CT molecular complexity index is 565. The normalized spacial score (nSPS) is 21.2. The number of methoxy groups -OCH3 is 2. The molecule has 0 N–H and O–H groups in total. The molecule has 0 aromatic heterocycles. The average Bonchev–Trinajstić information content (AvgIpc) is 2.63. The third-order valence-electron chi connectivity index (χ3n) is 3.53. The molecule has 6 nitrogen and oxygen atoms in total. The van der Waals surface area contributed by atoms with E-state index in [1.165, 1.54) is 12.1 Å². The van der Waals surface area contributed by atoms with Crippen LogP contribution >= 0.6 is 0 Å². The highest BCUT2D eigenvalue weighted by Gasteiger charge is 2.42. The van der Waals surface area contributed by atoms with Crippen molar-refractivity contribution in [3.63, 3.8) is 0 Å². The van der Waals surface area contributed by atoms with Gasteiger partial charge in [0, 0.05) is 11.1 Å². The number of carbonyl (C=O) groups is 4. The van der Waals surface area contributed by atoms with Crippen LogP contribution in [0.5, 0.6) is 0 Å². The molecule has 0 amide bonds. The van der Waals surface area contributed by atoms with Gasteiger partial charge in [0.15, 0.2) is 11.6 Å². The molecule has 6 heteroatoms. The zero-order chi connectivity index (χ0) is 15.6. The predicted octanol–water partition coefficient (Wildman–Crippen LogP) is 1.03. The van der Waals surface area contributed by atoms with E-state index in [1.54, 1.807) is 12.1 Å². The molecule has 0 saturated carbocycles. The molecule has 0 aliphatic heterocycles. The Morgan fingerprint density at radius 2 is 1.29 bits per heavy atom. The summed E-state index contributed by atoms with van der Waals surface area (Å²) in [5.74, 6) is -4.94. The highest BCUT2D eigenvalue weighted by atomic mass is 16.5. The molecular weight excluding hydrogens is 276 g/mol. The fourth-order valence-electron chi connectivity index (χ4n) is 2.43. The number of hydrogen-bond donors (Lipinski definition) is 0. The molecule has 0 bridgehead atoms. The van der Waals surface area contributed by atoms with Crippen molar-refractivity contribution in [1.82, 2.24) is 0 Å². The van der Waals surface area contributed by atoms with Gasteiger partial charge in [0.2, 0.25) is 0 Å². The lowest BCUT2D eigenvalue weighted by Gasteiger charge is -2.14. The lowest BCUT2D eigenvalue weighted by atomic mass is 9.91. The van der Waals surface area contributed by atoms with E-state index < -0.39 is 35.3 Å². The Labute approximate surface area is 121 Å². The van der Waals surface area contributed by atoms with Crippen LogP contribution in [-0.2, 0) is 19.1 Å². The van der Waals surface area contributed by atoms with Crippen molar-refractivity contribution in [3.05, 3.63) is 35.4 Å². The van der Waals surface area contributed by atoms with Crippen molar-refractivity contribution in [2.75, 3.05) is 14.2 Å². The summed E-state index contributed by atoms with van der Waals surface area (Å²) in [6.45, 7) is 0. The number of carbonyl (C=O) groups excluding carboxylic acids is 4. The van der Waals surface area contributed by atoms with E-state index in [0.717, 1.165) is 14.2 Å². The van der Waals surface area contributed by atoms with E-state index in [9.17, 15) is 19.2 Å². The summed E-state index contributed by atoms with van der Waals surface area (Å²) in [5.41, 5.74) is 0.258. The maximum absolute atomic E-state index is 12.4. The molecule has 0 heterocycles. The summed E-state index contributed by atoms with van der Waals surface area (Å²) in [4.78, 5) is 48.5. The second kappa shape index (κ2) is 5.87. The van der Waals surface area contributed by atoms with Gasteiger partial charge in [-0.2, -0.15) is 0 Å². The van der Waals surface area contributed by atoms with Crippen molar-refractivity contribution in [2.45, 2.75) is 6.42 Å². The molecule has 1 aromatic carbocycles. The Morgan fingerprint density at radius 1 is 0.905 bits per heavy atom. The minimum absolute atomic E-state index is 0.129. The van der Waals surface area contributed by atoms with Crippen LogP contribution in [-0.4, -0.2) is 37.7 Å². The van der Waals surface area contributed by atoms with Crippen LogP contribution in [0.3, 0.4) is 0 Å². The molecule has 0 radical (unpaired) electrons. The summed E-state index contributed by atoms with van der Waals surface area (Å²) in [5, 5.41) is 0. The third-order valence-corrected chi connectivity index (χ3v) is 3.53. The highest BCUT2D eigenvalue weighted by molar-refractivity contribution is 6.20. The van der Waals surface area contributed by atoms with Crippen molar-refractivity contribution < 1.29 is 28.7 Å². The maximum atomic E-state index is 12.4. The van der Waals surface area contributed by atoms with E-state index in [-0.39, 0.29) is 17.5 Å². The number of esters is 2. The zero-order valence-electron chi connectivity index (χ0n) is 11.6. The van der Waals surface area contributed by atoms with Gasteiger partial charge in [0.1, 0.15) is 11.8 Å². The quantitative estimate of drug-likeness (QED) is 0.459. The van der Waals surface area contributed by atoms with Crippen molar-refractivity contribution in [2.24, 2.45) is 11.8 Å². The number of fused-ring (bicyclic) bond motifs is 1. The lowest BCUT2D eigenvalue weighted by Crippen LogP contribution is -2.30. The van der Waals surface area contributed by atoms with Crippen LogP contribution in [0, 0.1) is 11.8 Å². The predicted molar refractivity (Wildman–Crippen MR) is 70.7 cm³/mol. The monoisotopic (exact) mass is 290 g/mol. The molecule has 1 aliphatic carbocycles. The SMILES string of the molecule is COC(=O)[C@H]1C[C@@H](C(=O)OC)C(=O)c2ccccc2C1=O. The van der Waals surface area contributed by atoms with Gasteiger partial charge in [0.05, 0.1) is 14.2 Å². The van der Waals surface area contributed by atoms with Crippen LogP contribution in [0.2, 0.25) is 0 Å². The van der Waals surface area contributed by atoms with Gasteiger partial charge in [-0.3, -0.25) is 19.2 Å². The first-order chi connectivity index (χ1) is 10.0. The number of ether oxygens (including phenoxy) is 2. The maximum Gasteiger partial charge on any atom is 0.316 e. The van der Waals surface area contributed by atoms with Crippen molar-refractivity contribution in [1.29, 1.82) is 0 Å². The minimum atomic E-state index is -1.19. The molecule has 0 fully saturated rings. The Balaban J connectivity index is 2.57. The second-order valence-electron chi connectivity index (χ2n) is 4.66. The van der Waals surface area contributed by atoms with E-state index in [2.05, 4.69) is 9.47 Å². The number of Topliss-reactive ketones (excluding diaryl/α,β-unsaturated/α-hetero) is 2. The smallest absolute Gasteiger partial charge is 0.316 e. The topological polar surface area (TPSA) is 86.7 Å². The van der Waals surface area contributed by atoms with Gasteiger partial charge in [-0.15, -0.1) is 0 Å². The highest BCUT2D eigenvalue weighted by Crippen LogP contribution is 2.29. The number of benzene rings is 1. The standard InChI is InChI=1S/C15H14O6/c1-20-14(18)10-7-11(15(19)21-2)13(17)9-6-4-3-5-8(9)12(10)16/h3-6,10-11H,7H2,1-2H3/t10-,11+. The fraction of sp³-hybridized carbons (Fsp3) is 0.333. The average molecular weight is 290 g/mol. The first kappa shape index (κ1) is 14.9. The Hall–Kier alpha value is -2.50. The minimum Gasteiger partial charge on any atom is -0.468 e. The molecule has 21 heavy (non-hydrogen) atoms. The Kier molecular flexibility index (Phi) is 4.16. The molecule has 1 aliphatic rings. The molecular formula is C15H14O6. The summed E-state index contributed by atoms with van der Waals surface area (Å²) in [6, 6.07) is 6.12. The van der Waals surface area contributed by atoms with Crippen molar-refractivity contribution >= 4 is 23.5 Å². The summed E-state index contributed by atoms with van der Waals surface area (Å²) < 4.78 is 9.21. The first-order valence-electron chi connectivity index (χ1n) is 6.34. The molecule has 110 valence electrons. The first-order valence-corrected chi connectivity index (χ1v) is 6.34. The van der Waals surface area contributed by atoms with E-state index >= 15 is 0 Å². The fourth-order valence-corrected chi connectivity index (χ4v) is 2.43. The number of rotatable bonds is 2. The lowest BCUT2D eigenvalue weighted by molar-refractivity contribution is -0.146. The molecule has 2 rings (SSSR count).